The summed E-state index contributed by atoms with van der Waals surface area (Å²) < 4.78 is 11.0. The van der Waals surface area contributed by atoms with Gasteiger partial charge in [0.1, 0.15) is 22.9 Å². The summed E-state index contributed by atoms with van der Waals surface area (Å²) in [5.41, 5.74) is 3.92. The molecule has 0 bridgehead atoms. The van der Waals surface area contributed by atoms with Gasteiger partial charge in [-0.1, -0.05) is 60.7 Å². The highest BCUT2D eigenvalue weighted by Gasteiger charge is 2.18. The number of anilines is 1. The number of carboxylic acids is 1. The van der Waals surface area contributed by atoms with E-state index in [4.69, 9.17) is 19.6 Å². The van der Waals surface area contributed by atoms with Gasteiger partial charge in [-0.3, -0.25) is 0 Å². The number of hydrogen-bond acceptors (Lipinski definition) is 8. The van der Waals surface area contributed by atoms with Crippen molar-refractivity contribution >= 4 is 29.0 Å². The zero-order valence-corrected chi connectivity index (χ0v) is 22.1. The molecule has 0 fully saturated rings. The molecule has 8 nitrogen and oxygen atoms in total. The highest BCUT2D eigenvalue weighted by atomic mass is 32.1. The van der Waals surface area contributed by atoms with E-state index >= 15 is 0 Å². The molecule has 1 heterocycles. The summed E-state index contributed by atoms with van der Waals surface area (Å²) in [5.74, 6) is -1.64. The zero-order chi connectivity index (χ0) is 28.1. The van der Waals surface area contributed by atoms with Crippen molar-refractivity contribution in [2.45, 2.75) is 0 Å². The number of thiazole rings is 1. The first-order chi connectivity index (χ1) is 19.4. The normalized spacial score (nSPS) is 10.6. The number of carbonyl (C=O) groups is 2. The lowest BCUT2D eigenvalue weighted by Crippen LogP contribution is -2.19. The Kier molecular flexibility index (Phi) is 7.75. The predicted octanol–water partition coefficient (Wildman–Crippen LogP) is 6.57. The Morgan fingerprint density at radius 3 is 2.20 bits per heavy atom. The Morgan fingerprint density at radius 2 is 1.55 bits per heavy atom. The van der Waals surface area contributed by atoms with Crippen LogP contribution in [0.5, 0.6) is 17.2 Å². The number of methoxy groups -OCH3 is 1. The van der Waals surface area contributed by atoms with E-state index in [2.05, 4.69) is 17.4 Å². The van der Waals surface area contributed by atoms with E-state index in [0.717, 1.165) is 32.3 Å². The van der Waals surface area contributed by atoms with Crippen molar-refractivity contribution in [3.05, 3.63) is 103 Å². The third-order valence-corrected chi connectivity index (χ3v) is 7.16. The van der Waals surface area contributed by atoms with E-state index in [-0.39, 0.29) is 17.9 Å². The van der Waals surface area contributed by atoms with Crippen LogP contribution in [0, 0.1) is 0 Å². The average molecular weight is 553 g/mol. The predicted molar refractivity (Wildman–Crippen MR) is 154 cm³/mol. The van der Waals surface area contributed by atoms with Gasteiger partial charge in [-0.25, -0.2) is 14.6 Å². The molecule has 5 aromatic rings. The van der Waals surface area contributed by atoms with Gasteiger partial charge in [-0.2, -0.15) is 0 Å². The van der Waals surface area contributed by atoms with E-state index in [9.17, 15) is 14.7 Å². The number of hydrogen-bond donors (Lipinski definition) is 3. The van der Waals surface area contributed by atoms with E-state index in [0.29, 0.717) is 11.4 Å². The van der Waals surface area contributed by atoms with Gasteiger partial charge in [-0.15, -0.1) is 11.3 Å². The lowest BCUT2D eigenvalue weighted by atomic mass is 10.1. The second-order valence-corrected chi connectivity index (χ2v) is 9.66. The molecule has 0 unspecified atom stereocenters. The van der Waals surface area contributed by atoms with Crippen LogP contribution >= 0.6 is 11.3 Å². The average Bonchev–Trinajstić information content (AvgIpc) is 3.43. The molecule has 0 aliphatic heterocycles. The fourth-order valence-electron chi connectivity index (χ4n) is 4.06. The maximum Gasteiger partial charge on any atom is 0.339 e. The first-order valence-corrected chi connectivity index (χ1v) is 13.1. The van der Waals surface area contributed by atoms with E-state index in [1.165, 1.54) is 25.3 Å². The SMILES string of the molecule is COc1cc(-c2nc(-c3ccccc3)c(-c3ccccc3)s2)ccc1OC(=O)CNc1ccc(C(=O)O)c(O)c1. The fraction of sp³-hybridized carbons (Fsp3) is 0.0645. The molecule has 1 aromatic heterocycles. The van der Waals surface area contributed by atoms with Crippen molar-refractivity contribution in [2.24, 2.45) is 0 Å². The lowest BCUT2D eigenvalue weighted by molar-refractivity contribution is -0.132. The summed E-state index contributed by atoms with van der Waals surface area (Å²) in [6, 6.07) is 29.3. The highest BCUT2D eigenvalue weighted by Crippen LogP contribution is 2.42. The maximum atomic E-state index is 12.5. The molecule has 0 amide bonds. The van der Waals surface area contributed by atoms with Crippen LogP contribution in [0.25, 0.3) is 32.3 Å². The van der Waals surface area contributed by atoms with E-state index in [1.54, 1.807) is 23.5 Å². The third kappa shape index (κ3) is 5.79. The molecule has 0 aliphatic rings. The standard InChI is InChI=1S/C31H24N2O6S/c1-38-26-16-21(12-15-25(26)39-27(35)18-32-22-13-14-23(31(36)37)24(34)17-22)30-33-28(19-8-4-2-5-9-19)29(40-30)20-10-6-3-7-11-20/h2-17,32,34H,18H2,1H3,(H,36,37). The number of aromatic hydroxyl groups is 1. The summed E-state index contributed by atoms with van der Waals surface area (Å²) >= 11 is 1.57. The Morgan fingerprint density at radius 1 is 0.850 bits per heavy atom. The van der Waals surface area contributed by atoms with Crippen LogP contribution in [0.2, 0.25) is 0 Å². The maximum absolute atomic E-state index is 12.5. The Bertz CT molecular complexity index is 1610. The molecular formula is C31H24N2O6S. The van der Waals surface area contributed by atoms with Crippen LogP contribution in [-0.2, 0) is 4.79 Å². The number of aromatic nitrogens is 1. The number of carboxylic acid groups (broad SMARTS) is 1. The summed E-state index contributed by atoms with van der Waals surface area (Å²) in [6.45, 7) is -0.218. The molecule has 3 N–H and O–H groups in total. The van der Waals surface area contributed by atoms with Crippen molar-refractivity contribution < 1.29 is 29.3 Å². The molecule has 0 atom stereocenters. The Labute approximate surface area is 234 Å². The number of ether oxygens (including phenoxy) is 2. The molecule has 5 rings (SSSR count). The molecule has 9 heteroatoms. The first-order valence-electron chi connectivity index (χ1n) is 12.2. The monoisotopic (exact) mass is 552 g/mol. The van der Waals surface area contributed by atoms with Crippen molar-refractivity contribution in [3.8, 4) is 49.5 Å². The van der Waals surface area contributed by atoms with E-state index < -0.39 is 17.7 Å². The summed E-state index contributed by atoms with van der Waals surface area (Å²) in [5, 5.41) is 22.5. The van der Waals surface area contributed by atoms with Gasteiger partial charge in [0.05, 0.1) is 17.7 Å². The second kappa shape index (κ2) is 11.7. The van der Waals surface area contributed by atoms with Gasteiger partial charge in [0, 0.05) is 22.9 Å². The first kappa shape index (κ1) is 26.5. The van der Waals surface area contributed by atoms with Gasteiger partial charge in [0.25, 0.3) is 0 Å². The number of nitrogens with zero attached hydrogens (tertiary/aromatic N) is 1. The van der Waals surface area contributed by atoms with Crippen LogP contribution < -0.4 is 14.8 Å². The molecule has 0 spiro atoms. The van der Waals surface area contributed by atoms with Gasteiger partial charge in [0.15, 0.2) is 11.5 Å². The quantitative estimate of drug-likeness (QED) is 0.139. The molecule has 4 aromatic carbocycles. The number of phenols is 1. The van der Waals surface area contributed by atoms with Crippen molar-refractivity contribution in [2.75, 3.05) is 19.0 Å². The number of esters is 1. The highest BCUT2D eigenvalue weighted by molar-refractivity contribution is 7.19. The van der Waals surface area contributed by atoms with Gasteiger partial charge in [-0.05, 0) is 35.9 Å². The molecular weight excluding hydrogens is 528 g/mol. The summed E-state index contributed by atoms with van der Waals surface area (Å²) in [4.78, 5) is 29.6. The number of rotatable bonds is 9. The van der Waals surface area contributed by atoms with Crippen LogP contribution in [0.3, 0.4) is 0 Å². The van der Waals surface area contributed by atoms with Gasteiger partial charge < -0.3 is 25.0 Å². The van der Waals surface area contributed by atoms with Crippen LogP contribution in [-0.4, -0.2) is 40.8 Å². The largest absolute Gasteiger partial charge is 0.507 e. The van der Waals surface area contributed by atoms with Gasteiger partial charge in [0.2, 0.25) is 0 Å². The minimum Gasteiger partial charge on any atom is -0.507 e. The van der Waals surface area contributed by atoms with Crippen molar-refractivity contribution in [3.63, 3.8) is 0 Å². The third-order valence-electron chi connectivity index (χ3n) is 6.01. The smallest absolute Gasteiger partial charge is 0.339 e. The van der Waals surface area contributed by atoms with E-state index in [1.807, 2.05) is 54.6 Å². The summed E-state index contributed by atoms with van der Waals surface area (Å²) in [6.07, 6.45) is 0. The minimum atomic E-state index is -1.25. The second-order valence-electron chi connectivity index (χ2n) is 8.66. The summed E-state index contributed by atoms with van der Waals surface area (Å²) in [7, 11) is 1.49. The van der Waals surface area contributed by atoms with Gasteiger partial charge >= 0.3 is 11.9 Å². The Hall–Kier alpha value is -5.15. The fourth-order valence-corrected chi connectivity index (χ4v) is 5.15. The Balaban J connectivity index is 1.36. The zero-order valence-electron chi connectivity index (χ0n) is 21.3. The molecule has 0 radical (unpaired) electrons. The molecule has 40 heavy (non-hydrogen) atoms. The number of benzene rings is 4. The van der Waals surface area contributed by atoms with Crippen molar-refractivity contribution in [1.29, 1.82) is 0 Å². The molecule has 0 saturated carbocycles. The molecule has 0 saturated heterocycles. The van der Waals surface area contributed by atoms with Crippen LogP contribution in [0.15, 0.2) is 97.1 Å². The number of aromatic carboxylic acids is 1. The minimum absolute atomic E-state index is 0.218. The molecule has 0 aliphatic carbocycles. The number of carbonyl (C=O) groups excluding carboxylic acids is 1. The van der Waals surface area contributed by atoms with Crippen molar-refractivity contribution in [1.82, 2.24) is 4.98 Å². The van der Waals surface area contributed by atoms with Crippen LogP contribution in [0.1, 0.15) is 10.4 Å². The van der Waals surface area contributed by atoms with Crippen LogP contribution in [0.4, 0.5) is 5.69 Å². The lowest BCUT2D eigenvalue weighted by Gasteiger charge is -2.11. The topological polar surface area (TPSA) is 118 Å². The molecule has 200 valence electrons. The number of nitrogens with one attached hydrogen (secondary N) is 1.